The number of nitrogens with zero attached hydrogens (tertiary/aromatic N) is 2. The van der Waals surface area contributed by atoms with Crippen molar-refractivity contribution in [1.82, 2.24) is 15.1 Å². The quantitative estimate of drug-likeness (QED) is 0.769. The number of hydrogen-bond acceptors (Lipinski definition) is 4. The molecule has 1 fully saturated rings. The van der Waals surface area contributed by atoms with Gasteiger partial charge in [-0.05, 0) is 25.0 Å². The second kappa shape index (κ2) is 10.3. The van der Waals surface area contributed by atoms with Gasteiger partial charge < -0.3 is 20.9 Å². The summed E-state index contributed by atoms with van der Waals surface area (Å²) >= 11 is 0. The molecule has 1 heterocycles. The molecule has 0 spiro atoms. The molecule has 0 aliphatic carbocycles. The molecule has 7 nitrogen and oxygen atoms in total. The zero-order valence-electron chi connectivity index (χ0n) is 16.1. The fourth-order valence-corrected chi connectivity index (χ4v) is 2.73. The first-order valence-corrected chi connectivity index (χ1v) is 8.96. The second-order valence-corrected chi connectivity index (χ2v) is 7.03. The van der Waals surface area contributed by atoms with Crippen LogP contribution in [-0.2, 0) is 9.59 Å². The van der Waals surface area contributed by atoms with Crippen molar-refractivity contribution in [1.29, 1.82) is 0 Å². The molecule has 0 radical (unpaired) electrons. The molecule has 3 N–H and O–H groups in total. The maximum Gasteiger partial charge on any atom is 0.253 e. The highest BCUT2D eigenvalue weighted by atomic mass is 35.5. The van der Waals surface area contributed by atoms with Gasteiger partial charge in [0, 0.05) is 31.7 Å². The minimum atomic E-state index is -0.619. The lowest BCUT2D eigenvalue weighted by atomic mass is 10.1. The van der Waals surface area contributed by atoms with Gasteiger partial charge in [-0.2, -0.15) is 0 Å². The Morgan fingerprint density at radius 3 is 2.07 bits per heavy atom. The van der Waals surface area contributed by atoms with Crippen molar-refractivity contribution >= 4 is 30.1 Å². The SMILES string of the molecule is Cc1ccc(C(=O)N2CCN(C(=O)CNC(=O)[C@@H](N)C(C)C)CC2)cc1.Cl. The van der Waals surface area contributed by atoms with E-state index in [-0.39, 0.29) is 42.6 Å². The number of hydrogen-bond donors (Lipinski definition) is 2. The largest absolute Gasteiger partial charge is 0.346 e. The number of carbonyl (C=O) groups excluding carboxylic acids is 3. The van der Waals surface area contributed by atoms with Gasteiger partial charge in [-0.25, -0.2) is 0 Å². The Kier molecular flexibility index (Phi) is 8.72. The number of amides is 3. The standard InChI is InChI=1S/C19H28N4O3.ClH/c1-13(2)17(20)18(25)21-12-16(24)22-8-10-23(11-9-22)19(26)15-6-4-14(3)5-7-15;/h4-7,13,17H,8-12,20H2,1-3H3,(H,21,25);1H/t17-;/m0./s1. The van der Waals surface area contributed by atoms with Gasteiger partial charge in [0.05, 0.1) is 12.6 Å². The van der Waals surface area contributed by atoms with Crippen LogP contribution < -0.4 is 11.1 Å². The number of nitrogens with two attached hydrogens (primary N) is 1. The van der Waals surface area contributed by atoms with Crippen LogP contribution in [0.2, 0.25) is 0 Å². The third kappa shape index (κ3) is 6.22. The van der Waals surface area contributed by atoms with Crippen molar-refractivity contribution in [3.8, 4) is 0 Å². The number of carbonyl (C=O) groups is 3. The predicted molar refractivity (Wildman–Crippen MR) is 107 cm³/mol. The minimum Gasteiger partial charge on any atom is -0.346 e. The molecule has 0 bridgehead atoms. The van der Waals surface area contributed by atoms with Crippen LogP contribution in [0.3, 0.4) is 0 Å². The summed E-state index contributed by atoms with van der Waals surface area (Å²) in [6, 6.07) is 6.85. The van der Waals surface area contributed by atoms with Gasteiger partial charge in [-0.15, -0.1) is 12.4 Å². The van der Waals surface area contributed by atoms with Crippen LogP contribution in [0.1, 0.15) is 29.8 Å². The normalized spacial score (nSPS) is 15.1. The molecule has 3 amide bonds. The van der Waals surface area contributed by atoms with E-state index in [2.05, 4.69) is 5.32 Å². The molecular weight excluding hydrogens is 368 g/mol. The third-order valence-electron chi connectivity index (χ3n) is 4.65. The zero-order valence-corrected chi connectivity index (χ0v) is 16.9. The number of benzene rings is 1. The summed E-state index contributed by atoms with van der Waals surface area (Å²) < 4.78 is 0. The Balaban J connectivity index is 0.00000364. The molecule has 1 aromatic rings. The Bertz CT molecular complexity index is 655. The van der Waals surface area contributed by atoms with Crippen molar-refractivity contribution in [3.05, 3.63) is 35.4 Å². The third-order valence-corrected chi connectivity index (χ3v) is 4.65. The summed E-state index contributed by atoms with van der Waals surface area (Å²) in [5.74, 6) is -0.479. The van der Waals surface area contributed by atoms with Crippen LogP contribution in [0, 0.1) is 12.8 Å². The van der Waals surface area contributed by atoms with E-state index < -0.39 is 6.04 Å². The maximum absolute atomic E-state index is 12.5. The van der Waals surface area contributed by atoms with E-state index in [0.29, 0.717) is 31.7 Å². The number of piperazine rings is 1. The number of nitrogens with one attached hydrogen (secondary N) is 1. The highest BCUT2D eigenvalue weighted by Crippen LogP contribution is 2.10. The second-order valence-electron chi connectivity index (χ2n) is 7.03. The van der Waals surface area contributed by atoms with E-state index in [9.17, 15) is 14.4 Å². The summed E-state index contributed by atoms with van der Waals surface area (Å²) in [7, 11) is 0. The monoisotopic (exact) mass is 396 g/mol. The van der Waals surface area contributed by atoms with Gasteiger partial charge in [0.1, 0.15) is 0 Å². The van der Waals surface area contributed by atoms with Crippen LogP contribution >= 0.6 is 12.4 Å². The van der Waals surface area contributed by atoms with Crippen molar-refractivity contribution in [2.45, 2.75) is 26.8 Å². The molecule has 150 valence electrons. The Morgan fingerprint density at radius 1 is 1.04 bits per heavy atom. The summed E-state index contributed by atoms with van der Waals surface area (Å²) in [4.78, 5) is 40.0. The molecule has 27 heavy (non-hydrogen) atoms. The predicted octanol–water partition coefficient (Wildman–Crippen LogP) is 0.801. The number of halogens is 1. The lowest BCUT2D eigenvalue weighted by Gasteiger charge is -2.35. The highest BCUT2D eigenvalue weighted by Gasteiger charge is 2.25. The Morgan fingerprint density at radius 2 is 1.56 bits per heavy atom. The molecule has 2 rings (SSSR count). The summed E-state index contributed by atoms with van der Waals surface area (Å²) in [5.41, 5.74) is 7.52. The molecule has 1 aliphatic heterocycles. The average molecular weight is 397 g/mol. The van der Waals surface area contributed by atoms with Crippen molar-refractivity contribution in [2.75, 3.05) is 32.7 Å². The van der Waals surface area contributed by atoms with Crippen molar-refractivity contribution < 1.29 is 14.4 Å². The summed E-state index contributed by atoms with van der Waals surface area (Å²) in [5, 5.41) is 2.59. The first-order valence-electron chi connectivity index (χ1n) is 8.96. The molecule has 1 aromatic carbocycles. The van der Waals surface area contributed by atoms with Crippen LogP contribution in [0.25, 0.3) is 0 Å². The Hall–Kier alpha value is -2.12. The average Bonchev–Trinajstić information content (AvgIpc) is 2.65. The topological polar surface area (TPSA) is 95.7 Å². The summed E-state index contributed by atoms with van der Waals surface area (Å²) in [6.45, 7) is 7.52. The van der Waals surface area contributed by atoms with E-state index in [1.54, 1.807) is 9.80 Å². The molecule has 1 aliphatic rings. The van der Waals surface area contributed by atoms with Gasteiger partial charge in [-0.1, -0.05) is 31.5 Å². The van der Waals surface area contributed by atoms with E-state index in [1.807, 2.05) is 45.0 Å². The minimum absolute atomic E-state index is 0. The van der Waals surface area contributed by atoms with Crippen molar-refractivity contribution in [3.63, 3.8) is 0 Å². The first-order chi connectivity index (χ1) is 12.3. The van der Waals surface area contributed by atoms with Crippen LogP contribution in [0.15, 0.2) is 24.3 Å². The molecular formula is C19H29ClN4O3. The van der Waals surface area contributed by atoms with Gasteiger partial charge >= 0.3 is 0 Å². The lowest BCUT2D eigenvalue weighted by molar-refractivity contribution is -0.134. The molecule has 8 heteroatoms. The first kappa shape index (κ1) is 22.9. The highest BCUT2D eigenvalue weighted by molar-refractivity contribution is 5.94. The van der Waals surface area contributed by atoms with E-state index >= 15 is 0 Å². The fourth-order valence-electron chi connectivity index (χ4n) is 2.73. The smallest absolute Gasteiger partial charge is 0.253 e. The van der Waals surface area contributed by atoms with Gasteiger partial charge in [-0.3, -0.25) is 14.4 Å². The van der Waals surface area contributed by atoms with E-state index in [0.717, 1.165) is 5.56 Å². The molecule has 1 saturated heterocycles. The molecule has 1 atom stereocenters. The number of rotatable bonds is 5. The van der Waals surface area contributed by atoms with Gasteiger partial charge in [0.15, 0.2) is 0 Å². The van der Waals surface area contributed by atoms with Crippen molar-refractivity contribution in [2.24, 2.45) is 11.7 Å². The molecule has 0 unspecified atom stereocenters. The molecule has 0 saturated carbocycles. The summed E-state index contributed by atoms with van der Waals surface area (Å²) in [6.07, 6.45) is 0. The lowest BCUT2D eigenvalue weighted by Crippen LogP contribution is -2.53. The van der Waals surface area contributed by atoms with Crippen LogP contribution in [0.5, 0.6) is 0 Å². The van der Waals surface area contributed by atoms with E-state index in [4.69, 9.17) is 5.73 Å². The Labute approximate surface area is 166 Å². The van der Waals surface area contributed by atoms with Gasteiger partial charge in [0.25, 0.3) is 5.91 Å². The van der Waals surface area contributed by atoms with Crippen LogP contribution in [-0.4, -0.2) is 66.3 Å². The zero-order chi connectivity index (χ0) is 19.3. The fraction of sp³-hybridized carbons (Fsp3) is 0.526. The molecule has 0 aromatic heterocycles. The maximum atomic E-state index is 12.5. The van der Waals surface area contributed by atoms with Crippen LogP contribution in [0.4, 0.5) is 0 Å². The number of aryl methyl sites for hydroxylation is 1. The van der Waals surface area contributed by atoms with E-state index in [1.165, 1.54) is 0 Å². The van der Waals surface area contributed by atoms with Gasteiger partial charge in [0.2, 0.25) is 11.8 Å².